The summed E-state index contributed by atoms with van der Waals surface area (Å²) >= 11 is 1.64. The summed E-state index contributed by atoms with van der Waals surface area (Å²) in [5, 5.41) is 4.26. The summed E-state index contributed by atoms with van der Waals surface area (Å²) in [6, 6.07) is 29.4. The van der Waals surface area contributed by atoms with E-state index in [0.717, 1.165) is 38.9 Å². The number of anilines is 2. The molecule has 0 aliphatic carbocycles. The first-order valence-electron chi connectivity index (χ1n) is 12.9. The first kappa shape index (κ1) is 25.9. The number of hydrogen-bond donors (Lipinski definition) is 1. The predicted molar refractivity (Wildman–Crippen MR) is 159 cm³/mol. The lowest BCUT2D eigenvalue weighted by Gasteiger charge is -2.25. The van der Waals surface area contributed by atoms with E-state index in [-0.39, 0.29) is 11.5 Å². The van der Waals surface area contributed by atoms with Gasteiger partial charge in [0.2, 0.25) is 5.88 Å². The van der Waals surface area contributed by atoms with Crippen molar-refractivity contribution in [3.63, 3.8) is 0 Å². The minimum atomic E-state index is -0.0456. The second-order valence-corrected chi connectivity index (χ2v) is 11.7. The molecular weight excluding hydrogens is 488 g/mol. The van der Waals surface area contributed by atoms with Gasteiger partial charge in [-0.2, -0.15) is 0 Å². The van der Waals surface area contributed by atoms with Crippen LogP contribution in [0.1, 0.15) is 50.4 Å². The van der Waals surface area contributed by atoms with Gasteiger partial charge < -0.3 is 10.1 Å². The van der Waals surface area contributed by atoms with Crippen molar-refractivity contribution in [2.75, 3.05) is 12.4 Å². The number of nitrogens with zero attached hydrogens (tertiary/aromatic N) is 3. The number of fused-ring (bicyclic) bond motifs is 1. The molecule has 0 bridgehead atoms. The maximum absolute atomic E-state index is 6.34. The molecule has 38 heavy (non-hydrogen) atoms. The van der Waals surface area contributed by atoms with Crippen molar-refractivity contribution < 1.29 is 4.74 Å². The highest BCUT2D eigenvalue weighted by molar-refractivity contribution is 7.22. The monoisotopic (exact) mass is 522 g/mol. The maximum atomic E-state index is 6.34. The Balaban J connectivity index is 1.35. The van der Waals surface area contributed by atoms with Gasteiger partial charge in [-0.05, 0) is 60.8 Å². The van der Waals surface area contributed by atoms with Crippen molar-refractivity contribution in [3.05, 3.63) is 108 Å². The predicted octanol–water partition coefficient (Wildman–Crippen LogP) is 8.72. The van der Waals surface area contributed by atoms with E-state index in [1.807, 2.05) is 30.3 Å². The molecule has 1 N–H and O–H groups in total. The topological polar surface area (TPSA) is 50.3 Å². The van der Waals surface area contributed by atoms with Gasteiger partial charge in [-0.1, -0.05) is 86.7 Å². The number of rotatable bonds is 8. The standard InChI is InChI=1S/C32H34N4OS/c1-22(36(5)21-23-12-7-6-8-13-23)24-17-18-26-29(20-24)38-31(34-26)35-27-15-11-19-33-30(27)37-28-16-10-9-14-25(28)32(2,3)4/h6-20,22H,21H2,1-5H3,(H,34,35). The number of ether oxygens (including phenoxy) is 1. The Hall–Kier alpha value is -3.74. The number of aromatic nitrogens is 2. The molecule has 194 valence electrons. The van der Waals surface area contributed by atoms with Crippen molar-refractivity contribution in [2.45, 2.75) is 45.7 Å². The molecule has 0 spiro atoms. The molecule has 2 heterocycles. The molecule has 0 fully saturated rings. The molecule has 0 amide bonds. The zero-order chi connectivity index (χ0) is 26.7. The Bertz CT molecular complexity index is 1520. The number of nitrogens with one attached hydrogen (secondary N) is 1. The maximum Gasteiger partial charge on any atom is 0.243 e. The number of benzene rings is 3. The zero-order valence-electron chi connectivity index (χ0n) is 22.6. The minimum Gasteiger partial charge on any atom is -0.437 e. The Morgan fingerprint density at radius 2 is 1.71 bits per heavy atom. The third-order valence-electron chi connectivity index (χ3n) is 6.75. The normalized spacial score (nSPS) is 12.6. The van der Waals surface area contributed by atoms with Crippen LogP contribution in [0, 0.1) is 0 Å². The van der Waals surface area contributed by atoms with Crippen LogP contribution >= 0.6 is 11.3 Å². The van der Waals surface area contributed by atoms with Crippen molar-refractivity contribution in [3.8, 4) is 11.6 Å². The summed E-state index contributed by atoms with van der Waals surface area (Å²) in [5.41, 5.74) is 5.43. The van der Waals surface area contributed by atoms with Crippen LogP contribution in [0.4, 0.5) is 10.8 Å². The second-order valence-electron chi connectivity index (χ2n) is 10.7. The second kappa shape index (κ2) is 10.9. The molecule has 1 unspecified atom stereocenters. The molecule has 2 aromatic heterocycles. The fourth-order valence-electron chi connectivity index (χ4n) is 4.48. The van der Waals surface area contributed by atoms with Crippen molar-refractivity contribution in [2.24, 2.45) is 0 Å². The lowest BCUT2D eigenvalue weighted by Crippen LogP contribution is -2.21. The first-order chi connectivity index (χ1) is 18.3. The van der Waals surface area contributed by atoms with Crippen LogP contribution in [0.5, 0.6) is 11.6 Å². The lowest BCUT2D eigenvalue weighted by molar-refractivity contribution is 0.253. The largest absolute Gasteiger partial charge is 0.437 e. The quantitative estimate of drug-likeness (QED) is 0.221. The summed E-state index contributed by atoms with van der Waals surface area (Å²) in [4.78, 5) is 11.7. The first-order valence-corrected chi connectivity index (χ1v) is 13.7. The van der Waals surface area contributed by atoms with Crippen molar-refractivity contribution in [1.82, 2.24) is 14.9 Å². The van der Waals surface area contributed by atoms with E-state index in [1.54, 1.807) is 17.5 Å². The highest BCUT2D eigenvalue weighted by atomic mass is 32.1. The van der Waals surface area contributed by atoms with E-state index in [0.29, 0.717) is 5.88 Å². The lowest BCUT2D eigenvalue weighted by atomic mass is 9.86. The summed E-state index contributed by atoms with van der Waals surface area (Å²) in [5.74, 6) is 1.34. The number of thiazole rings is 1. The van der Waals surface area contributed by atoms with E-state index in [1.165, 1.54) is 11.1 Å². The van der Waals surface area contributed by atoms with Gasteiger partial charge in [0, 0.05) is 24.3 Å². The number of pyridine rings is 1. The van der Waals surface area contributed by atoms with Crippen LogP contribution in [0.25, 0.3) is 10.2 Å². The van der Waals surface area contributed by atoms with Gasteiger partial charge in [0.15, 0.2) is 5.13 Å². The zero-order valence-corrected chi connectivity index (χ0v) is 23.4. The van der Waals surface area contributed by atoms with Crippen LogP contribution in [0.2, 0.25) is 0 Å². The van der Waals surface area contributed by atoms with E-state index >= 15 is 0 Å². The van der Waals surface area contributed by atoms with Gasteiger partial charge in [0.1, 0.15) is 11.4 Å². The van der Waals surface area contributed by atoms with Crippen molar-refractivity contribution in [1.29, 1.82) is 0 Å². The molecule has 0 radical (unpaired) electrons. The molecule has 5 aromatic rings. The van der Waals surface area contributed by atoms with E-state index < -0.39 is 0 Å². The molecule has 0 saturated carbocycles. The molecule has 0 aliphatic heterocycles. The highest BCUT2D eigenvalue weighted by Crippen LogP contribution is 2.37. The van der Waals surface area contributed by atoms with Crippen LogP contribution in [-0.4, -0.2) is 21.9 Å². The summed E-state index contributed by atoms with van der Waals surface area (Å²) in [7, 11) is 2.17. The third-order valence-corrected chi connectivity index (χ3v) is 7.68. The van der Waals surface area contributed by atoms with E-state index in [2.05, 4.69) is 105 Å². The van der Waals surface area contributed by atoms with Crippen LogP contribution < -0.4 is 10.1 Å². The summed E-state index contributed by atoms with van der Waals surface area (Å²) < 4.78 is 7.48. The SMILES string of the molecule is CC(c1ccc2nc(Nc3cccnc3Oc3ccccc3C(C)(C)C)sc2c1)N(C)Cc1ccccc1. The van der Waals surface area contributed by atoms with Gasteiger partial charge in [0.25, 0.3) is 0 Å². The Morgan fingerprint density at radius 3 is 2.50 bits per heavy atom. The Labute approximate surface area is 229 Å². The Morgan fingerprint density at radius 1 is 0.947 bits per heavy atom. The van der Waals surface area contributed by atoms with Gasteiger partial charge in [-0.15, -0.1) is 0 Å². The smallest absolute Gasteiger partial charge is 0.243 e. The van der Waals surface area contributed by atoms with Gasteiger partial charge in [-0.25, -0.2) is 9.97 Å². The van der Waals surface area contributed by atoms with Crippen LogP contribution in [0.15, 0.2) is 91.1 Å². The van der Waals surface area contributed by atoms with Crippen LogP contribution in [-0.2, 0) is 12.0 Å². The minimum absolute atomic E-state index is 0.0456. The molecular formula is C32H34N4OS. The van der Waals surface area contributed by atoms with E-state index in [9.17, 15) is 0 Å². The van der Waals surface area contributed by atoms with Crippen molar-refractivity contribution >= 4 is 32.4 Å². The molecule has 0 saturated heterocycles. The average molecular weight is 523 g/mol. The fourth-order valence-corrected chi connectivity index (χ4v) is 5.41. The molecule has 1 atom stereocenters. The third kappa shape index (κ3) is 5.87. The van der Waals surface area contributed by atoms with Gasteiger partial charge in [-0.3, -0.25) is 4.90 Å². The fraction of sp³-hybridized carbons (Fsp3) is 0.250. The number of para-hydroxylation sites is 1. The summed E-state index contributed by atoms with van der Waals surface area (Å²) in [6.45, 7) is 9.70. The van der Waals surface area contributed by atoms with Gasteiger partial charge in [0.05, 0.1) is 10.2 Å². The highest BCUT2D eigenvalue weighted by Gasteiger charge is 2.20. The summed E-state index contributed by atoms with van der Waals surface area (Å²) in [6.07, 6.45) is 1.75. The molecule has 5 rings (SSSR count). The molecule has 3 aromatic carbocycles. The Kier molecular flexibility index (Phi) is 7.45. The van der Waals surface area contributed by atoms with E-state index in [4.69, 9.17) is 9.72 Å². The average Bonchev–Trinajstić information content (AvgIpc) is 3.31. The van der Waals surface area contributed by atoms with Crippen LogP contribution in [0.3, 0.4) is 0 Å². The van der Waals surface area contributed by atoms with Gasteiger partial charge >= 0.3 is 0 Å². The number of hydrogen-bond acceptors (Lipinski definition) is 6. The molecule has 6 heteroatoms. The molecule has 0 aliphatic rings. The molecule has 5 nitrogen and oxygen atoms in total.